The molecular weight excluding hydrogens is 400 g/mol. The van der Waals surface area contributed by atoms with Gasteiger partial charge in [0.15, 0.2) is 0 Å². The van der Waals surface area contributed by atoms with E-state index in [1.807, 2.05) is 0 Å². The van der Waals surface area contributed by atoms with E-state index in [1.54, 1.807) is 66.8 Å². The first-order chi connectivity index (χ1) is 14.4. The molecule has 6 nitrogen and oxygen atoms in total. The summed E-state index contributed by atoms with van der Waals surface area (Å²) in [6.07, 6.45) is 6.45. The molecule has 0 heterocycles. The summed E-state index contributed by atoms with van der Waals surface area (Å²) in [5.41, 5.74) is 1.31. The number of carbonyl (C=O) groups excluding carboxylic acids is 1. The molecule has 30 heavy (non-hydrogen) atoms. The molecule has 0 spiro atoms. The first kappa shape index (κ1) is 22.8. The smallest absolute Gasteiger partial charge is 0.337 e. The van der Waals surface area contributed by atoms with Gasteiger partial charge in [0, 0.05) is 18.7 Å². The van der Waals surface area contributed by atoms with Gasteiger partial charge in [0.05, 0.1) is 23.6 Å². The monoisotopic (exact) mass is 422 g/mol. The van der Waals surface area contributed by atoms with E-state index in [1.165, 1.54) is 23.5 Å². The first-order valence-corrected chi connectivity index (χ1v) is 10.5. The van der Waals surface area contributed by atoms with E-state index in [0.717, 1.165) is 0 Å². The fourth-order valence-electron chi connectivity index (χ4n) is 2.60. The van der Waals surface area contributed by atoms with Crippen molar-refractivity contribution in [1.29, 1.82) is 5.26 Å². The Bertz CT molecular complexity index is 1080. The lowest BCUT2D eigenvalue weighted by Gasteiger charge is -2.20. The number of benzene rings is 2. The molecule has 0 aliphatic heterocycles. The van der Waals surface area contributed by atoms with Gasteiger partial charge in [-0.25, -0.2) is 13.2 Å². The Labute approximate surface area is 177 Å². The van der Waals surface area contributed by atoms with Gasteiger partial charge in [0.2, 0.25) is 10.0 Å². The second kappa shape index (κ2) is 10.9. The highest BCUT2D eigenvalue weighted by molar-refractivity contribution is 7.89. The molecular formula is C23H22N2O4S. The molecule has 0 aliphatic rings. The van der Waals surface area contributed by atoms with Crippen LogP contribution in [0.2, 0.25) is 0 Å². The van der Waals surface area contributed by atoms with Crippen LogP contribution in [-0.4, -0.2) is 38.9 Å². The molecule has 0 saturated carbocycles. The predicted molar refractivity (Wildman–Crippen MR) is 116 cm³/mol. The SMILES string of the molecule is C=C/C=C/CN(C/C(C#N)=C/c1ccc(C(=O)OC)cc1)S(=O)(=O)c1ccccc1. The highest BCUT2D eigenvalue weighted by Gasteiger charge is 2.24. The van der Waals surface area contributed by atoms with Crippen LogP contribution in [0, 0.1) is 11.3 Å². The summed E-state index contributed by atoms with van der Waals surface area (Å²) in [4.78, 5) is 11.7. The number of allylic oxidation sites excluding steroid dienone is 2. The average Bonchev–Trinajstić information content (AvgIpc) is 2.78. The van der Waals surface area contributed by atoms with Gasteiger partial charge in [-0.3, -0.25) is 0 Å². The van der Waals surface area contributed by atoms with Crippen LogP contribution in [0.25, 0.3) is 6.08 Å². The number of carbonyl (C=O) groups is 1. The van der Waals surface area contributed by atoms with Crippen molar-refractivity contribution >= 4 is 22.1 Å². The van der Waals surface area contributed by atoms with Crippen LogP contribution in [-0.2, 0) is 14.8 Å². The highest BCUT2D eigenvalue weighted by Crippen LogP contribution is 2.18. The second-order valence-corrected chi connectivity index (χ2v) is 8.11. The number of rotatable bonds is 9. The van der Waals surface area contributed by atoms with Gasteiger partial charge < -0.3 is 4.74 Å². The summed E-state index contributed by atoms with van der Waals surface area (Å²) in [6.45, 7) is 3.57. The lowest BCUT2D eigenvalue weighted by Crippen LogP contribution is -2.33. The van der Waals surface area contributed by atoms with Gasteiger partial charge in [0.1, 0.15) is 0 Å². The number of nitrogens with zero attached hydrogens (tertiary/aromatic N) is 2. The van der Waals surface area contributed by atoms with E-state index in [4.69, 9.17) is 0 Å². The van der Waals surface area contributed by atoms with Gasteiger partial charge in [-0.1, -0.05) is 55.1 Å². The van der Waals surface area contributed by atoms with Crippen molar-refractivity contribution in [1.82, 2.24) is 4.31 Å². The lowest BCUT2D eigenvalue weighted by molar-refractivity contribution is 0.0600. The summed E-state index contributed by atoms with van der Waals surface area (Å²) in [6, 6.07) is 16.6. The maximum absolute atomic E-state index is 13.1. The minimum absolute atomic E-state index is 0.0869. The van der Waals surface area contributed by atoms with Gasteiger partial charge in [-0.2, -0.15) is 9.57 Å². The molecule has 0 bridgehead atoms. The maximum atomic E-state index is 13.1. The van der Waals surface area contributed by atoms with Gasteiger partial charge in [0.25, 0.3) is 0 Å². The van der Waals surface area contributed by atoms with Crippen LogP contribution >= 0.6 is 0 Å². The Hall–Kier alpha value is -3.47. The number of ether oxygens (including phenoxy) is 1. The highest BCUT2D eigenvalue weighted by atomic mass is 32.2. The zero-order valence-corrected chi connectivity index (χ0v) is 17.4. The molecule has 0 atom stereocenters. The molecule has 0 radical (unpaired) electrons. The molecule has 2 aromatic carbocycles. The Morgan fingerprint density at radius 2 is 1.83 bits per heavy atom. The minimum Gasteiger partial charge on any atom is -0.465 e. The molecule has 0 unspecified atom stereocenters. The largest absolute Gasteiger partial charge is 0.465 e. The number of methoxy groups -OCH3 is 1. The third-order valence-corrected chi connectivity index (χ3v) is 5.95. The van der Waals surface area contributed by atoms with Crippen molar-refractivity contribution in [2.45, 2.75) is 4.90 Å². The Kier molecular flexibility index (Phi) is 8.29. The van der Waals surface area contributed by atoms with Gasteiger partial charge >= 0.3 is 5.97 Å². The van der Waals surface area contributed by atoms with Crippen LogP contribution in [0.1, 0.15) is 15.9 Å². The summed E-state index contributed by atoms with van der Waals surface area (Å²) in [5.74, 6) is -0.458. The third kappa shape index (κ3) is 6.01. The molecule has 0 N–H and O–H groups in total. The van der Waals surface area contributed by atoms with Crippen molar-refractivity contribution in [3.63, 3.8) is 0 Å². The Morgan fingerprint density at radius 1 is 1.17 bits per heavy atom. The van der Waals surface area contributed by atoms with Crippen molar-refractivity contribution in [2.75, 3.05) is 20.2 Å². The number of hydrogen-bond acceptors (Lipinski definition) is 5. The fourth-order valence-corrected chi connectivity index (χ4v) is 3.99. The van der Waals surface area contributed by atoms with Crippen molar-refractivity contribution in [3.05, 3.63) is 96.1 Å². The van der Waals surface area contributed by atoms with Crippen molar-refractivity contribution < 1.29 is 17.9 Å². The molecule has 0 fully saturated rings. The third-order valence-electron chi connectivity index (χ3n) is 4.13. The van der Waals surface area contributed by atoms with E-state index in [9.17, 15) is 18.5 Å². The van der Waals surface area contributed by atoms with Crippen molar-refractivity contribution in [2.24, 2.45) is 0 Å². The lowest BCUT2D eigenvalue weighted by atomic mass is 10.1. The average molecular weight is 423 g/mol. The summed E-state index contributed by atoms with van der Waals surface area (Å²) >= 11 is 0. The van der Waals surface area contributed by atoms with Gasteiger partial charge in [-0.15, -0.1) is 0 Å². The standard InChI is InChI=1S/C23H22N2O4S/c1-3-4-8-15-25(30(27,28)22-9-6-5-7-10-22)18-20(17-24)16-19-11-13-21(14-12-19)23(26)29-2/h3-14,16H,1,15,18H2,2H3/b8-4+,20-16+. The van der Waals surface area contributed by atoms with E-state index in [-0.39, 0.29) is 23.6 Å². The normalized spacial score (nSPS) is 12.0. The van der Waals surface area contributed by atoms with Crippen LogP contribution < -0.4 is 0 Å². The van der Waals surface area contributed by atoms with E-state index >= 15 is 0 Å². The molecule has 154 valence electrons. The molecule has 0 amide bonds. The molecule has 2 rings (SSSR count). The molecule has 0 aliphatic carbocycles. The summed E-state index contributed by atoms with van der Waals surface area (Å²) in [7, 11) is -2.51. The number of hydrogen-bond donors (Lipinski definition) is 0. The van der Waals surface area contributed by atoms with E-state index in [2.05, 4.69) is 17.4 Å². The topological polar surface area (TPSA) is 87.5 Å². The zero-order valence-electron chi connectivity index (χ0n) is 16.6. The second-order valence-electron chi connectivity index (χ2n) is 6.17. The summed E-state index contributed by atoms with van der Waals surface area (Å²) in [5, 5.41) is 9.58. The van der Waals surface area contributed by atoms with E-state index in [0.29, 0.717) is 11.1 Å². The maximum Gasteiger partial charge on any atom is 0.337 e. The minimum atomic E-state index is -3.81. The van der Waals surface area contributed by atoms with Crippen LogP contribution in [0.15, 0.2) is 89.9 Å². The Balaban J connectivity index is 2.33. The molecule has 0 aromatic heterocycles. The summed E-state index contributed by atoms with van der Waals surface area (Å²) < 4.78 is 32.0. The van der Waals surface area contributed by atoms with E-state index < -0.39 is 16.0 Å². The fraction of sp³-hybridized carbons (Fsp3) is 0.130. The number of nitriles is 1. The predicted octanol–water partition coefficient (Wildman–Crippen LogP) is 3.81. The quantitative estimate of drug-likeness (QED) is 0.348. The number of sulfonamides is 1. The van der Waals surface area contributed by atoms with Crippen molar-refractivity contribution in [3.8, 4) is 6.07 Å². The molecule has 7 heteroatoms. The zero-order chi connectivity index (χ0) is 22.0. The molecule has 0 saturated heterocycles. The van der Waals surface area contributed by atoms with Crippen LogP contribution in [0.5, 0.6) is 0 Å². The van der Waals surface area contributed by atoms with Gasteiger partial charge in [-0.05, 0) is 35.9 Å². The van der Waals surface area contributed by atoms with Crippen LogP contribution in [0.3, 0.4) is 0 Å². The molecule has 2 aromatic rings. The first-order valence-electron chi connectivity index (χ1n) is 9.04. The number of esters is 1. The Morgan fingerprint density at radius 3 is 2.40 bits per heavy atom. The van der Waals surface area contributed by atoms with Crippen LogP contribution in [0.4, 0.5) is 0 Å².